The molecule has 0 saturated carbocycles. The highest BCUT2D eigenvalue weighted by Gasteiger charge is 2.05. The number of alkyl halides is 1. The van der Waals surface area contributed by atoms with E-state index < -0.39 is 0 Å². The molecular formula is C11H15BrN2O. The Balaban J connectivity index is 2.31. The second-order valence-corrected chi connectivity index (χ2v) is 4.58. The number of nitrogens with zero attached hydrogens (tertiary/aromatic N) is 1. The van der Waals surface area contributed by atoms with Gasteiger partial charge >= 0.3 is 0 Å². The molecule has 1 unspecified atom stereocenters. The zero-order chi connectivity index (χ0) is 11.1. The molecule has 1 aromatic rings. The Hall–Kier alpha value is -0.900. The van der Waals surface area contributed by atoms with E-state index in [0.29, 0.717) is 16.9 Å². The zero-order valence-electron chi connectivity index (χ0n) is 8.74. The molecule has 0 aliphatic rings. The van der Waals surface area contributed by atoms with Crippen molar-refractivity contribution in [1.82, 2.24) is 10.3 Å². The first kappa shape index (κ1) is 12.2. The largest absolute Gasteiger partial charge is 0.352 e. The number of pyridine rings is 1. The average molecular weight is 271 g/mol. The van der Waals surface area contributed by atoms with Gasteiger partial charge in [-0.3, -0.25) is 9.78 Å². The summed E-state index contributed by atoms with van der Waals surface area (Å²) in [6.45, 7) is 2.81. The number of halogens is 1. The van der Waals surface area contributed by atoms with Crippen molar-refractivity contribution in [3.63, 3.8) is 0 Å². The molecule has 0 aliphatic carbocycles. The minimum atomic E-state index is -0.0341. The van der Waals surface area contributed by atoms with Gasteiger partial charge in [0.25, 0.3) is 5.91 Å². The Morgan fingerprint density at radius 1 is 1.53 bits per heavy atom. The average Bonchev–Trinajstić information content (AvgIpc) is 2.29. The molecule has 1 heterocycles. The maximum Gasteiger partial charge on any atom is 0.251 e. The summed E-state index contributed by atoms with van der Waals surface area (Å²) in [5.74, 6) is -0.0341. The Morgan fingerprint density at radius 3 is 2.80 bits per heavy atom. The van der Waals surface area contributed by atoms with Gasteiger partial charge in [-0.15, -0.1) is 0 Å². The van der Waals surface area contributed by atoms with E-state index >= 15 is 0 Å². The summed E-state index contributed by atoms with van der Waals surface area (Å²) in [6, 6.07) is 3.42. The Labute approximate surface area is 98.4 Å². The van der Waals surface area contributed by atoms with Gasteiger partial charge < -0.3 is 5.32 Å². The molecule has 0 saturated heterocycles. The standard InChI is InChI=1S/C11H15BrN2O/c1-2-10(12)5-8-14-11(15)9-3-6-13-7-4-9/h3-4,6-7,10H,2,5,8H2,1H3,(H,14,15). The molecule has 0 radical (unpaired) electrons. The van der Waals surface area contributed by atoms with Gasteiger partial charge in [-0.1, -0.05) is 22.9 Å². The second-order valence-electron chi connectivity index (χ2n) is 3.29. The Morgan fingerprint density at radius 2 is 2.20 bits per heavy atom. The molecule has 3 nitrogen and oxygen atoms in total. The van der Waals surface area contributed by atoms with E-state index in [1.54, 1.807) is 24.5 Å². The van der Waals surface area contributed by atoms with Crippen molar-refractivity contribution in [2.75, 3.05) is 6.54 Å². The number of carbonyl (C=O) groups is 1. The van der Waals surface area contributed by atoms with Crippen LogP contribution < -0.4 is 5.32 Å². The summed E-state index contributed by atoms with van der Waals surface area (Å²) >= 11 is 3.52. The van der Waals surface area contributed by atoms with Crippen molar-refractivity contribution in [3.05, 3.63) is 30.1 Å². The van der Waals surface area contributed by atoms with E-state index in [4.69, 9.17) is 0 Å². The van der Waals surface area contributed by atoms with Crippen LogP contribution in [-0.2, 0) is 0 Å². The molecule has 1 N–H and O–H groups in total. The van der Waals surface area contributed by atoms with Gasteiger partial charge in [0, 0.05) is 29.3 Å². The first-order valence-electron chi connectivity index (χ1n) is 5.06. The van der Waals surface area contributed by atoms with Crippen molar-refractivity contribution in [3.8, 4) is 0 Å². The van der Waals surface area contributed by atoms with Crippen LogP contribution in [0.15, 0.2) is 24.5 Å². The van der Waals surface area contributed by atoms with Gasteiger partial charge in [-0.25, -0.2) is 0 Å². The molecule has 1 atom stereocenters. The highest BCUT2D eigenvalue weighted by Crippen LogP contribution is 2.07. The zero-order valence-corrected chi connectivity index (χ0v) is 10.3. The number of rotatable bonds is 5. The molecular weight excluding hydrogens is 256 g/mol. The van der Waals surface area contributed by atoms with Crippen LogP contribution in [0.1, 0.15) is 30.1 Å². The lowest BCUT2D eigenvalue weighted by atomic mass is 10.2. The summed E-state index contributed by atoms with van der Waals surface area (Å²) in [6.07, 6.45) is 5.26. The summed E-state index contributed by atoms with van der Waals surface area (Å²) in [5, 5.41) is 2.87. The monoisotopic (exact) mass is 270 g/mol. The highest BCUT2D eigenvalue weighted by atomic mass is 79.9. The van der Waals surface area contributed by atoms with Crippen LogP contribution in [0.5, 0.6) is 0 Å². The first-order valence-corrected chi connectivity index (χ1v) is 5.98. The van der Waals surface area contributed by atoms with Gasteiger partial charge in [-0.05, 0) is 25.0 Å². The molecule has 15 heavy (non-hydrogen) atoms. The van der Waals surface area contributed by atoms with Crippen LogP contribution in [0.2, 0.25) is 0 Å². The molecule has 4 heteroatoms. The number of hydrogen-bond acceptors (Lipinski definition) is 2. The van der Waals surface area contributed by atoms with Crippen molar-refractivity contribution in [1.29, 1.82) is 0 Å². The third kappa shape index (κ3) is 4.42. The fourth-order valence-electron chi connectivity index (χ4n) is 1.15. The molecule has 0 aliphatic heterocycles. The predicted octanol–water partition coefficient (Wildman–Crippen LogP) is 2.38. The van der Waals surface area contributed by atoms with Crippen LogP contribution in [0.3, 0.4) is 0 Å². The molecule has 0 fully saturated rings. The third-order valence-corrected chi connectivity index (χ3v) is 3.23. The van der Waals surface area contributed by atoms with E-state index in [1.807, 2.05) is 0 Å². The van der Waals surface area contributed by atoms with Gasteiger partial charge in [0.2, 0.25) is 0 Å². The van der Waals surface area contributed by atoms with E-state index in [2.05, 4.69) is 33.2 Å². The lowest BCUT2D eigenvalue weighted by molar-refractivity contribution is 0.0953. The van der Waals surface area contributed by atoms with Gasteiger partial charge in [0.05, 0.1) is 0 Å². The van der Waals surface area contributed by atoms with Crippen LogP contribution in [0.25, 0.3) is 0 Å². The summed E-state index contributed by atoms with van der Waals surface area (Å²) in [4.78, 5) is 15.9. The Bertz CT molecular complexity index is 303. The van der Waals surface area contributed by atoms with Crippen LogP contribution in [0.4, 0.5) is 0 Å². The second kappa shape index (κ2) is 6.56. The molecule has 82 valence electrons. The molecule has 1 aromatic heterocycles. The Kier molecular flexibility index (Phi) is 5.32. The normalized spacial score (nSPS) is 12.1. The summed E-state index contributed by atoms with van der Waals surface area (Å²) < 4.78 is 0. The minimum Gasteiger partial charge on any atom is -0.352 e. The lowest BCUT2D eigenvalue weighted by Gasteiger charge is -2.07. The smallest absolute Gasteiger partial charge is 0.251 e. The topological polar surface area (TPSA) is 42.0 Å². The lowest BCUT2D eigenvalue weighted by Crippen LogP contribution is -2.25. The van der Waals surface area contributed by atoms with Gasteiger partial charge in [-0.2, -0.15) is 0 Å². The van der Waals surface area contributed by atoms with Crippen molar-refractivity contribution in [2.24, 2.45) is 0 Å². The van der Waals surface area contributed by atoms with E-state index in [0.717, 1.165) is 12.8 Å². The highest BCUT2D eigenvalue weighted by molar-refractivity contribution is 9.09. The SMILES string of the molecule is CCC(Br)CCNC(=O)c1ccncc1. The van der Waals surface area contributed by atoms with Crippen molar-refractivity contribution >= 4 is 21.8 Å². The number of carbonyl (C=O) groups excluding carboxylic acids is 1. The van der Waals surface area contributed by atoms with Crippen LogP contribution in [-0.4, -0.2) is 22.3 Å². The molecule has 1 rings (SSSR count). The maximum atomic E-state index is 11.6. The fraction of sp³-hybridized carbons (Fsp3) is 0.455. The first-order chi connectivity index (χ1) is 7.24. The van der Waals surface area contributed by atoms with E-state index in [-0.39, 0.29) is 5.91 Å². The van der Waals surface area contributed by atoms with Crippen LogP contribution >= 0.6 is 15.9 Å². The van der Waals surface area contributed by atoms with E-state index in [9.17, 15) is 4.79 Å². The third-order valence-electron chi connectivity index (χ3n) is 2.13. The summed E-state index contributed by atoms with van der Waals surface area (Å²) in [7, 11) is 0. The van der Waals surface area contributed by atoms with Crippen molar-refractivity contribution < 1.29 is 4.79 Å². The fourth-order valence-corrected chi connectivity index (χ4v) is 1.38. The van der Waals surface area contributed by atoms with Crippen LogP contribution in [0, 0.1) is 0 Å². The van der Waals surface area contributed by atoms with Gasteiger partial charge in [0.1, 0.15) is 0 Å². The van der Waals surface area contributed by atoms with Gasteiger partial charge in [0.15, 0.2) is 0 Å². The number of aromatic nitrogens is 1. The summed E-state index contributed by atoms with van der Waals surface area (Å²) in [5.41, 5.74) is 0.660. The predicted molar refractivity (Wildman–Crippen MR) is 64.2 cm³/mol. The molecule has 1 amide bonds. The maximum absolute atomic E-state index is 11.6. The minimum absolute atomic E-state index is 0.0341. The van der Waals surface area contributed by atoms with E-state index in [1.165, 1.54) is 0 Å². The quantitative estimate of drug-likeness (QED) is 0.835. The number of amides is 1. The number of nitrogens with one attached hydrogen (secondary N) is 1. The van der Waals surface area contributed by atoms with Crippen molar-refractivity contribution in [2.45, 2.75) is 24.6 Å². The number of hydrogen-bond donors (Lipinski definition) is 1. The molecule has 0 bridgehead atoms. The molecule has 0 spiro atoms. The molecule has 0 aromatic carbocycles.